The fraction of sp³-hybridized carbons (Fsp3) is 0.235. The molecule has 102 valence electrons. The molecule has 0 amide bonds. The van der Waals surface area contributed by atoms with E-state index in [1.165, 1.54) is 11.1 Å². The van der Waals surface area contributed by atoms with E-state index < -0.39 is 0 Å². The fourth-order valence-corrected chi connectivity index (χ4v) is 2.71. The van der Waals surface area contributed by atoms with Gasteiger partial charge in [-0.15, -0.1) is 11.6 Å². The molecule has 0 N–H and O–H groups in total. The van der Waals surface area contributed by atoms with E-state index >= 15 is 0 Å². The highest BCUT2D eigenvalue weighted by atomic mass is 35.5. The van der Waals surface area contributed by atoms with Gasteiger partial charge in [-0.25, -0.2) is 4.98 Å². The maximum atomic E-state index is 6.08. The SMILES string of the molecule is CCc1cccc(-n2c(CCl)nc3ccc(C)cc32)c1. The topological polar surface area (TPSA) is 17.8 Å². The first-order valence-electron chi connectivity index (χ1n) is 6.86. The highest BCUT2D eigenvalue weighted by Gasteiger charge is 2.12. The Kier molecular flexibility index (Phi) is 3.49. The number of halogens is 1. The number of aryl methyl sites for hydroxylation is 2. The first kappa shape index (κ1) is 13.2. The van der Waals surface area contributed by atoms with Crippen LogP contribution in [0.2, 0.25) is 0 Å². The zero-order valence-electron chi connectivity index (χ0n) is 11.7. The van der Waals surface area contributed by atoms with E-state index in [4.69, 9.17) is 11.6 Å². The van der Waals surface area contributed by atoms with Crippen molar-refractivity contribution in [1.82, 2.24) is 9.55 Å². The van der Waals surface area contributed by atoms with Crippen LogP contribution in [0.5, 0.6) is 0 Å². The minimum absolute atomic E-state index is 0.407. The normalized spacial score (nSPS) is 11.2. The number of hydrogen-bond acceptors (Lipinski definition) is 1. The quantitative estimate of drug-likeness (QED) is 0.641. The molecule has 1 aromatic heterocycles. The van der Waals surface area contributed by atoms with Crippen molar-refractivity contribution in [3.63, 3.8) is 0 Å². The predicted octanol–water partition coefficient (Wildman–Crippen LogP) is 4.64. The molecule has 0 atom stereocenters. The lowest BCUT2D eigenvalue weighted by molar-refractivity contribution is 0.975. The summed E-state index contributed by atoms with van der Waals surface area (Å²) in [6.45, 7) is 4.26. The molecule has 0 aliphatic carbocycles. The Morgan fingerprint density at radius 2 is 2.00 bits per heavy atom. The number of aromatic nitrogens is 2. The molecule has 2 aromatic carbocycles. The molecule has 0 spiro atoms. The Balaban J connectivity index is 2.29. The second kappa shape index (κ2) is 5.29. The van der Waals surface area contributed by atoms with Crippen LogP contribution < -0.4 is 0 Å². The van der Waals surface area contributed by atoms with Gasteiger partial charge in [0.2, 0.25) is 0 Å². The largest absolute Gasteiger partial charge is 0.295 e. The van der Waals surface area contributed by atoms with Gasteiger partial charge in [-0.05, 0) is 48.7 Å². The average Bonchev–Trinajstić information content (AvgIpc) is 2.85. The molecule has 3 heteroatoms. The van der Waals surface area contributed by atoms with Crippen molar-refractivity contribution in [2.75, 3.05) is 0 Å². The highest BCUT2D eigenvalue weighted by Crippen LogP contribution is 2.24. The molecule has 0 saturated heterocycles. The lowest BCUT2D eigenvalue weighted by Crippen LogP contribution is -2.00. The Bertz CT molecular complexity index is 759. The highest BCUT2D eigenvalue weighted by molar-refractivity contribution is 6.17. The third-order valence-corrected chi connectivity index (χ3v) is 3.82. The molecule has 0 unspecified atom stereocenters. The van der Waals surface area contributed by atoms with Gasteiger partial charge in [0.05, 0.1) is 16.9 Å². The summed E-state index contributed by atoms with van der Waals surface area (Å²) < 4.78 is 2.16. The first-order valence-corrected chi connectivity index (χ1v) is 7.39. The van der Waals surface area contributed by atoms with E-state index in [0.29, 0.717) is 5.88 Å². The molecule has 0 aliphatic heterocycles. The van der Waals surface area contributed by atoms with Crippen LogP contribution in [-0.2, 0) is 12.3 Å². The summed E-state index contributed by atoms with van der Waals surface area (Å²) in [5, 5.41) is 0. The molecule has 3 aromatic rings. The second-order valence-corrected chi connectivity index (χ2v) is 5.28. The van der Waals surface area contributed by atoms with Gasteiger partial charge in [-0.1, -0.05) is 25.1 Å². The van der Waals surface area contributed by atoms with E-state index in [1.54, 1.807) is 0 Å². The zero-order chi connectivity index (χ0) is 14.1. The third-order valence-electron chi connectivity index (χ3n) is 3.58. The van der Waals surface area contributed by atoms with E-state index in [-0.39, 0.29) is 0 Å². The van der Waals surface area contributed by atoms with Crippen LogP contribution in [0.25, 0.3) is 16.7 Å². The molecule has 0 fully saturated rings. The molecule has 0 aliphatic rings. The second-order valence-electron chi connectivity index (χ2n) is 5.01. The van der Waals surface area contributed by atoms with Crippen molar-refractivity contribution in [3.05, 3.63) is 59.4 Å². The Morgan fingerprint density at radius 3 is 2.75 bits per heavy atom. The molecule has 0 radical (unpaired) electrons. The van der Waals surface area contributed by atoms with Crippen LogP contribution in [0.4, 0.5) is 0 Å². The number of benzene rings is 2. The van der Waals surface area contributed by atoms with E-state index in [0.717, 1.165) is 29.0 Å². The Labute approximate surface area is 124 Å². The smallest absolute Gasteiger partial charge is 0.129 e. The standard InChI is InChI=1S/C17H17ClN2/c1-3-13-5-4-6-14(10-13)20-16-9-12(2)7-8-15(16)19-17(20)11-18/h4-10H,3,11H2,1-2H3. The van der Waals surface area contributed by atoms with Gasteiger partial charge >= 0.3 is 0 Å². The van der Waals surface area contributed by atoms with Crippen LogP contribution in [0.1, 0.15) is 23.9 Å². The number of nitrogens with zero attached hydrogens (tertiary/aromatic N) is 2. The summed E-state index contributed by atoms with van der Waals surface area (Å²) in [6.07, 6.45) is 1.02. The van der Waals surface area contributed by atoms with Gasteiger partial charge in [0.1, 0.15) is 5.82 Å². The lowest BCUT2D eigenvalue weighted by atomic mass is 10.1. The van der Waals surface area contributed by atoms with Crippen molar-refractivity contribution in [1.29, 1.82) is 0 Å². The minimum atomic E-state index is 0.407. The van der Waals surface area contributed by atoms with Crippen molar-refractivity contribution < 1.29 is 0 Å². The molecule has 3 rings (SSSR count). The van der Waals surface area contributed by atoms with E-state index in [1.807, 2.05) is 0 Å². The van der Waals surface area contributed by atoms with E-state index in [9.17, 15) is 0 Å². The van der Waals surface area contributed by atoms with Crippen LogP contribution in [0.3, 0.4) is 0 Å². The van der Waals surface area contributed by atoms with Gasteiger partial charge in [-0.2, -0.15) is 0 Å². The number of rotatable bonds is 3. The van der Waals surface area contributed by atoms with Crippen molar-refractivity contribution in [3.8, 4) is 5.69 Å². The number of hydrogen-bond donors (Lipinski definition) is 0. The Hall–Kier alpha value is -1.80. The van der Waals surface area contributed by atoms with Gasteiger partial charge in [0.15, 0.2) is 0 Å². The summed E-state index contributed by atoms with van der Waals surface area (Å²) in [4.78, 5) is 4.64. The summed E-state index contributed by atoms with van der Waals surface area (Å²) >= 11 is 6.08. The van der Waals surface area contributed by atoms with Crippen LogP contribution in [0.15, 0.2) is 42.5 Å². The van der Waals surface area contributed by atoms with Crippen molar-refractivity contribution >= 4 is 22.6 Å². The molecule has 20 heavy (non-hydrogen) atoms. The van der Waals surface area contributed by atoms with Crippen LogP contribution in [0, 0.1) is 6.92 Å². The molecular formula is C17H17ClN2. The summed E-state index contributed by atoms with van der Waals surface area (Å²) in [5.74, 6) is 1.30. The molecule has 0 saturated carbocycles. The monoisotopic (exact) mass is 284 g/mol. The van der Waals surface area contributed by atoms with Crippen LogP contribution >= 0.6 is 11.6 Å². The number of imidazole rings is 1. The third kappa shape index (κ3) is 2.20. The molecule has 2 nitrogen and oxygen atoms in total. The van der Waals surface area contributed by atoms with Crippen molar-refractivity contribution in [2.24, 2.45) is 0 Å². The average molecular weight is 285 g/mol. The number of fused-ring (bicyclic) bond motifs is 1. The van der Waals surface area contributed by atoms with Gasteiger partial charge in [0, 0.05) is 5.69 Å². The van der Waals surface area contributed by atoms with Gasteiger partial charge in [-0.3, -0.25) is 4.57 Å². The summed E-state index contributed by atoms with van der Waals surface area (Å²) in [5.41, 5.74) is 5.79. The lowest BCUT2D eigenvalue weighted by Gasteiger charge is -2.09. The minimum Gasteiger partial charge on any atom is -0.295 e. The predicted molar refractivity (Wildman–Crippen MR) is 84.7 cm³/mol. The van der Waals surface area contributed by atoms with Crippen LogP contribution in [-0.4, -0.2) is 9.55 Å². The molecule has 1 heterocycles. The maximum Gasteiger partial charge on any atom is 0.129 e. The maximum absolute atomic E-state index is 6.08. The summed E-state index contributed by atoms with van der Waals surface area (Å²) in [6, 6.07) is 14.9. The summed E-state index contributed by atoms with van der Waals surface area (Å²) in [7, 11) is 0. The molecule has 0 bridgehead atoms. The van der Waals surface area contributed by atoms with Gasteiger partial charge < -0.3 is 0 Å². The van der Waals surface area contributed by atoms with Crippen molar-refractivity contribution in [2.45, 2.75) is 26.1 Å². The first-order chi connectivity index (χ1) is 9.72. The number of alkyl halides is 1. The van der Waals surface area contributed by atoms with Gasteiger partial charge in [0.25, 0.3) is 0 Å². The molecular weight excluding hydrogens is 268 g/mol. The zero-order valence-corrected chi connectivity index (χ0v) is 12.5. The fourth-order valence-electron chi connectivity index (χ4n) is 2.53. The van der Waals surface area contributed by atoms with E-state index in [2.05, 4.69) is 65.9 Å². The Morgan fingerprint density at radius 1 is 1.15 bits per heavy atom.